The predicted molar refractivity (Wildman–Crippen MR) is 67.2 cm³/mol. The largest absolute Gasteiger partial charge is 0.364 e. The highest BCUT2D eigenvalue weighted by Crippen LogP contribution is 2.31. The summed E-state index contributed by atoms with van der Waals surface area (Å²) in [4.78, 5) is 19.7. The van der Waals surface area contributed by atoms with E-state index in [1.807, 2.05) is 0 Å². The Kier molecular flexibility index (Phi) is 2.95. The van der Waals surface area contributed by atoms with Crippen molar-refractivity contribution < 1.29 is 4.79 Å². The normalized spacial score (nSPS) is 20.0. The van der Waals surface area contributed by atoms with Crippen molar-refractivity contribution >= 4 is 29.0 Å². The van der Waals surface area contributed by atoms with E-state index in [9.17, 15) is 4.79 Å². The van der Waals surface area contributed by atoms with E-state index in [4.69, 9.17) is 11.6 Å². The van der Waals surface area contributed by atoms with Gasteiger partial charge in [-0.3, -0.25) is 4.79 Å². The van der Waals surface area contributed by atoms with E-state index >= 15 is 0 Å². The van der Waals surface area contributed by atoms with Gasteiger partial charge in [-0.2, -0.15) is 4.98 Å². The Labute approximate surface area is 105 Å². The highest BCUT2D eigenvalue weighted by Gasteiger charge is 2.30. The molecular formula is C11H15ClN4O. The minimum absolute atomic E-state index is 0.00900. The Morgan fingerprint density at radius 2 is 2.18 bits per heavy atom. The van der Waals surface area contributed by atoms with Crippen LogP contribution in [0.2, 0.25) is 5.28 Å². The van der Waals surface area contributed by atoms with Crippen LogP contribution in [0.1, 0.15) is 27.2 Å². The van der Waals surface area contributed by atoms with E-state index in [0.717, 1.165) is 0 Å². The molecule has 5 nitrogen and oxygen atoms in total. The average Bonchev–Trinajstić information content (AvgIpc) is 2.35. The summed E-state index contributed by atoms with van der Waals surface area (Å²) in [5, 5.41) is 6.19. The van der Waals surface area contributed by atoms with Crippen molar-refractivity contribution in [3.63, 3.8) is 0 Å². The number of nitrogens with one attached hydrogen (secondary N) is 2. The molecule has 0 radical (unpaired) electrons. The molecule has 0 aliphatic carbocycles. The smallest absolute Gasteiger partial charge is 0.226 e. The molecule has 1 unspecified atom stereocenters. The number of rotatable bonds is 0. The van der Waals surface area contributed by atoms with E-state index in [1.165, 1.54) is 6.20 Å². The predicted octanol–water partition coefficient (Wildman–Crippen LogP) is 2.30. The zero-order valence-corrected chi connectivity index (χ0v) is 10.8. The van der Waals surface area contributed by atoms with E-state index in [-0.39, 0.29) is 22.6 Å². The second kappa shape index (κ2) is 4.14. The number of carbonyl (C=O) groups excluding carboxylic acids is 1. The van der Waals surface area contributed by atoms with Gasteiger partial charge in [-0.15, -0.1) is 0 Å². The molecule has 1 aliphatic rings. The third-order valence-corrected chi connectivity index (χ3v) is 2.96. The number of fused-ring (bicyclic) bond motifs is 1. The van der Waals surface area contributed by atoms with Crippen LogP contribution in [-0.2, 0) is 4.79 Å². The maximum absolute atomic E-state index is 11.7. The van der Waals surface area contributed by atoms with Crippen LogP contribution in [0.5, 0.6) is 0 Å². The first-order chi connectivity index (χ1) is 7.86. The van der Waals surface area contributed by atoms with Crippen LogP contribution in [0.25, 0.3) is 0 Å². The van der Waals surface area contributed by atoms with E-state index in [1.54, 1.807) is 0 Å². The number of anilines is 2. The molecule has 6 heteroatoms. The number of carbonyl (C=O) groups is 1. The highest BCUT2D eigenvalue weighted by atomic mass is 35.5. The molecule has 1 aliphatic heterocycles. The first kappa shape index (κ1) is 12.1. The van der Waals surface area contributed by atoms with Crippen LogP contribution >= 0.6 is 11.6 Å². The lowest BCUT2D eigenvalue weighted by Crippen LogP contribution is -2.35. The van der Waals surface area contributed by atoms with Crippen molar-refractivity contribution in [3.8, 4) is 0 Å². The summed E-state index contributed by atoms with van der Waals surface area (Å²) in [6, 6.07) is 0.00900. The first-order valence-electron chi connectivity index (χ1n) is 5.45. The summed E-state index contributed by atoms with van der Waals surface area (Å²) in [6.07, 6.45) is 1.91. The molecule has 92 valence electrons. The van der Waals surface area contributed by atoms with Gasteiger partial charge in [0.1, 0.15) is 5.69 Å². The lowest BCUT2D eigenvalue weighted by atomic mass is 9.85. The van der Waals surface area contributed by atoms with Gasteiger partial charge < -0.3 is 10.6 Å². The fourth-order valence-electron chi connectivity index (χ4n) is 1.69. The summed E-state index contributed by atoms with van der Waals surface area (Å²) in [5.74, 6) is 0.540. The Bertz CT molecular complexity index is 455. The van der Waals surface area contributed by atoms with Gasteiger partial charge in [-0.1, -0.05) is 20.8 Å². The lowest BCUT2D eigenvalue weighted by molar-refractivity contribution is -0.116. The van der Waals surface area contributed by atoms with E-state index in [2.05, 4.69) is 41.4 Å². The van der Waals surface area contributed by atoms with Crippen molar-refractivity contribution in [2.24, 2.45) is 5.41 Å². The molecule has 1 amide bonds. The van der Waals surface area contributed by atoms with E-state index in [0.29, 0.717) is 17.9 Å². The fraction of sp³-hybridized carbons (Fsp3) is 0.545. The zero-order chi connectivity index (χ0) is 12.6. The third-order valence-electron chi connectivity index (χ3n) is 2.78. The van der Waals surface area contributed by atoms with Gasteiger partial charge in [0.05, 0.1) is 6.20 Å². The second-order valence-corrected chi connectivity index (χ2v) is 5.55. The van der Waals surface area contributed by atoms with Gasteiger partial charge in [0.2, 0.25) is 11.2 Å². The van der Waals surface area contributed by atoms with Gasteiger partial charge in [-0.05, 0) is 17.0 Å². The maximum Gasteiger partial charge on any atom is 0.226 e. The minimum Gasteiger partial charge on any atom is -0.364 e. The van der Waals surface area contributed by atoms with Gasteiger partial charge in [0.15, 0.2) is 5.82 Å². The summed E-state index contributed by atoms with van der Waals surface area (Å²) in [7, 11) is 0. The molecule has 1 atom stereocenters. The SMILES string of the molecule is CC(C)(C)C1CC(=O)Nc2cnc(Cl)nc2N1. The molecule has 2 rings (SSSR count). The van der Waals surface area contributed by atoms with Crippen molar-refractivity contribution in [2.75, 3.05) is 10.6 Å². The van der Waals surface area contributed by atoms with Crippen molar-refractivity contribution in [1.82, 2.24) is 9.97 Å². The maximum atomic E-state index is 11.7. The molecule has 17 heavy (non-hydrogen) atoms. The van der Waals surface area contributed by atoms with Crippen molar-refractivity contribution in [1.29, 1.82) is 0 Å². The van der Waals surface area contributed by atoms with Crippen LogP contribution < -0.4 is 10.6 Å². The number of hydrogen-bond acceptors (Lipinski definition) is 4. The molecule has 0 spiro atoms. The molecule has 0 saturated carbocycles. The van der Waals surface area contributed by atoms with Crippen molar-refractivity contribution in [2.45, 2.75) is 33.2 Å². The Morgan fingerprint density at radius 1 is 1.47 bits per heavy atom. The van der Waals surface area contributed by atoms with Crippen LogP contribution in [0.3, 0.4) is 0 Å². The minimum atomic E-state index is -0.0453. The molecule has 2 N–H and O–H groups in total. The van der Waals surface area contributed by atoms with Gasteiger partial charge in [0, 0.05) is 12.5 Å². The van der Waals surface area contributed by atoms with Crippen LogP contribution in [0.4, 0.5) is 11.5 Å². The molecule has 1 aromatic heterocycles. The molecule has 0 aromatic carbocycles. The zero-order valence-electron chi connectivity index (χ0n) is 10.0. The topological polar surface area (TPSA) is 66.9 Å². The Balaban J connectivity index is 2.38. The number of halogens is 1. The summed E-state index contributed by atoms with van der Waals surface area (Å²) < 4.78 is 0. The number of amides is 1. The monoisotopic (exact) mass is 254 g/mol. The summed E-state index contributed by atoms with van der Waals surface area (Å²) in [6.45, 7) is 6.23. The van der Waals surface area contributed by atoms with Crippen LogP contribution in [0, 0.1) is 5.41 Å². The molecule has 1 aromatic rings. The lowest BCUT2D eigenvalue weighted by Gasteiger charge is -2.29. The Hall–Kier alpha value is -1.36. The van der Waals surface area contributed by atoms with Crippen LogP contribution in [0.15, 0.2) is 6.20 Å². The Morgan fingerprint density at radius 3 is 2.82 bits per heavy atom. The molecule has 2 heterocycles. The molecule has 0 fully saturated rings. The fourth-order valence-corrected chi connectivity index (χ4v) is 1.82. The number of nitrogens with zero attached hydrogens (tertiary/aromatic N) is 2. The average molecular weight is 255 g/mol. The van der Waals surface area contributed by atoms with Crippen molar-refractivity contribution in [3.05, 3.63) is 11.5 Å². The second-order valence-electron chi connectivity index (χ2n) is 5.22. The van der Waals surface area contributed by atoms with Gasteiger partial charge in [0.25, 0.3) is 0 Å². The quantitative estimate of drug-likeness (QED) is 0.697. The van der Waals surface area contributed by atoms with E-state index < -0.39 is 0 Å². The molecule has 0 saturated heterocycles. The van der Waals surface area contributed by atoms with Gasteiger partial charge in [-0.25, -0.2) is 4.98 Å². The number of aromatic nitrogens is 2. The van der Waals surface area contributed by atoms with Gasteiger partial charge >= 0.3 is 0 Å². The molecular weight excluding hydrogens is 240 g/mol. The first-order valence-corrected chi connectivity index (χ1v) is 5.83. The molecule has 0 bridgehead atoms. The standard InChI is InChI=1S/C11H15ClN4O/c1-11(2,3)7-4-8(17)14-6-5-13-10(12)16-9(6)15-7/h5,7H,4H2,1-3H3,(H,14,17)(H,13,15,16). The summed E-state index contributed by atoms with van der Waals surface area (Å²) >= 11 is 5.75. The highest BCUT2D eigenvalue weighted by molar-refractivity contribution is 6.28. The third kappa shape index (κ3) is 2.66. The number of hydrogen-bond donors (Lipinski definition) is 2. The summed E-state index contributed by atoms with van der Waals surface area (Å²) in [5.41, 5.74) is 0.530. The van der Waals surface area contributed by atoms with Crippen LogP contribution in [-0.4, -0.2) is 21.9 Å².